The van der Waals surface area contributed by atoms with Crippen molar-refractivity contribution in [3.8, 4) is 0 Å². The van der Waals surface area contributed by atoms with Crippen molar-refractivity contribution in [1.29, 1.82) is 0 Å². The van der Waals surface area contributed by atoms with Gasteiger partial charge in [-0.1, -0.05) is 11.6 Å². The number of halogens is 1. The molecule has 1 fully saturated rings. The first-order valence-corrected chi connectivity index (χ1v) is 7.39. The Labute approximate surface area is 128 Å². The second-order valence-electron chi connectivity index (χ2n) is 5.00. The molecule has 1 aliphatic rings. The maximum Gasteiger partial charge on any atom is 0.252 e. The van der Waals surface area contributed by atoms with Crippen LogP contribution in [0.1, 0.15) is 36.0 Å². The van der Waals surface area contributed by atoms with Gasteiger partial charge in [-0.15, -0.1) is 0 Å². The lowest BCUT2D eigenvalue weighted by Crippen LogP contribution is -2.28. The lowest BCUT2D eigenvalue weighted by Gasteiger charge is -2.08. The summed E-state index contributed by atoms with van der Waals surface area (Å²) >= 11 is 5.96. The van der Waals surface area contributed by atoms with Gasteiger partial charge in [0.2, 0.25) is 5.91 Å². The molecule has 1 aliphatic carbocycles. The van der Waals surface area contributed by atoms with Gasteiger partial charge in [-0.2, -0.15) is 0 Å². The number of pyridine rings is 1. The van der Waals surface area contributed by atoms with Crippen LogP contribution in [0.15, 0.2) is 12.3 Å². The molecule has 6 nitrogen and oxygen atoms in total. The molecular weight excluding hydrogens is 292 g/mol. The fraction of sp³-hybridized carbons (Fsp3) is 0.500. The zero-order valence-electron chi connectivity index (χ0n) is 11.9. The molecule has 21 heavy (non-hydrogen) atoms. The van der Waals surface area contributed by atoms with E-state index in [4.69, 9.17) is 11.6 Å². The zero-order chi connectivity index (χ0) is 15.2. The van der Waals surface area contributed by atoms with Crippen LogP contribution in [-0.2, 0) is 4.79 Å². The van der Waals surface area contributed by atoms with Crippen molar-refractivity contribution < 1.29 is 9.59 Å². The molecule has 2 amide bonds. The average Bonchev–Trinajstić information content (AvgIpc) is 3.27. The summed E-state index contributed by atoms with van der Waals surface area (Å²) in [5.74, 6) is 0.362. The second kappa shape index (κ2) is 7.26. The minimum absolute atomic E-state index is 0.0474. The fourth-order valence-corrected chi connectivity index (χ4v) is 2.01. The maximum absolute atomic E-state index is 12.0. The molecule has 0 radical (unpaired) electrons. The molecule has 1 heterocycles. The van der Waals surface area contributed by atoms with Crippen molar-refractivity contribution in [1.82, 2.24) is 15.6 Å². The van der Waals surface area contributed by atoms with E-state index in [0.717, 1.165) is 12.8 Å². The SMILES string of the molecule is CNc1cc(C(=O)NCCCC(=O)NC2CC2)c(Cl)cn1. The number of nitrogens with zero attached hydrogens (tertiary/aromatic N) is 1. The summed E-state index contributed by atoms with van der Waals surface area (Å²) in [7, 11) is 1.72. The second-order valence-corrected chi connectivity index (χ2v) is 5.41. The first-order chi connectivity index (χ1) is 10.1. The molecule has 114 valence electrons. The van der Waals surface area contributed by atoms with E-state index in [1.54, 1.807) is 13.1 Å². The van der Waals surface area contributed by atoms with Crippen molar-refractivity contribution in [2.75, 3.05) is 18.9 Å². The summed E-state index contributed by atoms with van der Waals surface area (Å²) in [5, 5.41) is 8.82. The number of amides is 2. The fourth-order valence-electron chi connectivity index (χ4n) is 1.82. The van der Waals surface area contributed by atoms with Crippen LogP contribution in [0.3, 0.4) is 0 Å². The Hall–Kier alpha value is -1.82. The van der Waals surface area contributed by atoms with Crippen LogP contribution in [0.2, 0.25) is 5.02 Å². The summed E-state index contributed by atoms with van der Waals surface area (Å²) in [6, 6.07) is 1.97. The van der Waals surface area contributed by atoms with E-state index in [2.05, 4.69) is 20.9 Å². The lowest BCUT2D eigenvalue weighted by molar-refractivity contribution is -0.121. The molecule has 3 N–H and O–H groups in total. The summed E-state index contributed by atoms with van der Waals surface area (Å²) in [5.41, 5.74) is 0.374. The average molecular weight is 311 g/mol. The van der Waals surface area contributed by atoms with E-state index in [-0.39, 0.29) is 11.8 Å². The summed E-state index contributed by atoms with van der Waals surface area (Å²) in [4.78, 5) is 27.5. The van der Waals surface area contributed by atoms with E-state index in [1.165, 1.54) is 6.20 Å². The smallest absolute Gasteiger partial charge is 0.252 e. The van der Waals surface area contributed by atoms with Crippen molar-refractivity contribution in [3.05, 3.63) is 22.8 Å². The Kier molecular flexibility index (Phi) is 5.38. The highest BCUT2D eigenvalue weighted by Gasteiger charge is 2.22. The number of hydrogen-bond acceptors (Lipinski definition) is 4. The number of anilines is 1. The van der Waals surface area contributed by atoms with E-state index in [9.17, 15) is 9.59 Å². The molecule has 1 aromatic heterocycles. The van der Waals surface area contributed by atoms with Crippen molar-refractivity contribution in [2.45, 2.75) is 31.7 Å². The predicted molar refractivity (Wildman–Crippen MR) is 81.5 cm³/mol. The molecule has 0 unspecified atom stereocenters. The van der Waals surface area contributed by atoms with Crippen LogP contribution in [0.5, 0.6) is 0 Å². The number of rotatable bonds is 7. The molecule has 0 aromatic carbocycles. The molecule has 1 saturated carbocycles. The van der Waals surface area contributed by atoms with Crippen molar-refractivity contribution in [3.63, 3.8) is 0 Å². The highest BCUT2D eigenvalue weighted by Crippen LogP contribution is 2.19. The molecule has 2 rings (SSSR count). The number of carbonyl (C=O) groups is 2. The topological polar surface area (TPSA) is 83.1 Å². The van der Waals surface area contributed by atoms with Crippen LogP contribution >= 0.6 is 11.6 Å². The zero-order valence-corrected chi connectivity index (χ0v) is 12.7. The Morgan fingerprint density at radius 1 is 1.43 bits per heavy atom. The third kappa shape index (κ3) is 4.90. The largest absolute Gasteiger partial charge is 0.373 e. The minimum Gasteiger partial charge on any atom is -0.373 e. The maximum atomic E-state index is 12.0. The van der Waals surface area contributed by atoms with Crippen molar-refractivity contribution >= 4 is 29.2 Å². The minimum atomic E-state index is -0.262. The van der Waals surface area contributed by atoms with Gasteiger partial charge in [-0.25, -0.2) is 4.98 Å². The summed E-state index contributed by atoms with van der Waals surface area (Å²) in [6.45, 7) is 0.435. The van der Waals surface area contributed by atoms with Gasteiger partial charge < -0.3 is 16.0 Å². The third-order valence-corrected chi connectivity index (χ3v) is 3.47. The van der Waals surface area contributed by atoms with Crippen LogP contribution in [0.4, 0.5) is 5.82 Å². The standard InChI is InChI=1S/C14H19ClN4O2/c1-16-12-7-10(11(15)8-18-12)14(21)17-6-2-3-13(20)19-9-4-5-9/h7-9H,2-6H2,1H3,(H,16,18)(H,17,21)(H,19,20). The molecule has 0 atom stereocenters. The van der Waals surface area contributed by atoms with Gasteiger partial charge in [0.25, 0.3) is 5.91 Å². The molecule has 0 spiro atoms. The predicted octanol–water partition coefficient (Wildman–Crippen LogP) is 1.57. The van der Waals surface area contributed by atoms with Gasteiger partial charge in [0.1, 0.15) is 5.82 Å². The molecule has 1 aromatic rings. The number of hydrogen-bond donors (Lipinski definition) is 3. The van der Waals surface area contributed by atoms with E-state index < -0.39 is 0 Å². The van der Waals surface area contributed by atoms with Crippen LogP contribution < -0.4 is 16.0 Å². The molecular formula is C14H19ClN4O2. The Balaban J connectivity index is 1.74. The Morgan fingerprint density at radius 3 is 2.86 bits per heavy atom. The van der Waals surface area contributed by atoms with Crippen LogP contribution in [0.25, 0.3) is 0 Å². The van der Waals surface area contributed by atoms with Gasteiger partial charge >= 0.3 is 0 Å². The third-order valence-electron chi connectivity index (χ3n) is 3.16. The van der Waals surface area contributed by atoms with Crippen molar-refractivity contribution in [2.24, 2.45) is 0 Å². The molecule has 7 heteroatoms. The highest BCUT2D eigenvalue weighted by atomic mass is 35.5. The van der Waals surface area contributed by atoms with Gasteiger partial charge in [0.15, 0.2) is 0 Å². The summed E-state index contributed by atoms with van der Waals surface area (Å²) < 4.78 is 0. The quantitative estimate of drug-likeness (QED) is 0.668. The van der Waals surface area contributed by atoms with Gasteiger partial charge in [-0.3, -0.25) is 9.59 Å². The first-order valence-electron chi connectivity index (χ1n) is 7.01. The van der Waals surface area contributed by atoms with Gasteiger partial charge in [0, 0.05) is 32.3 Å². The lowest BCUT2D eigenvalue weighted by atomic mass is 10.2. The van der Waals surface area contributed by atoms with Gasteiger partial charge in [0.05, 0.1) is 10.6 Å². The normalized spacial score (nSPS) is 13.6. The van der Waals surface area contributed by atoms with E-state index in [0.29, 0.717) is 41.8 Å². The number of carbonyl (C=O) groups excluding carboxylic acids is 2. The van der Waals surface area contributed by atoms with Crippen LogP contribution in [-0.4, -0.2) is 36.4 Å². The van der Waals surface area contributed by atoms with E-state index >= 15 is 0 Å². The Bertz CT molecular complexity index is 532. The monoisotopic (exact) mass is 310 g/mol. The first kappa shape index (κ1) is 15.6. The molecule has 0 saturated heterocycles. The molecule has 0 aliphatic heterocycles. The highest BCUT2D eigenvalue weighted by molar-refractivity contribution is 6.33. The Morgan fingerprint density at radius 2 is 2.19 bits per heavy atom. The van der Waals surface area contributed by atoms with E-state index in [1.807, 2.05) is 0 Å². The summed E-state index contributed by atoms with van der Waals surface area (Å²) in [6.07, 6.45) is 4.62. The van der Waals surface area contributed by atoms with Crippen LogP contribution in [0, 0.1) is 0 Å². The van der Waals surface area contributed by atoms with Gasteiger partial charge in [-0.05, 0) is 25.3 Å². The number of aromatic nitrogens is 1. The molecule has 0 bridgehead atoms. The number of nitrogens with one attached hydrogen (secondary N) is 3.